The van der Waals surface area contributed by atoms with Gasteiger partial charge in [0.15, 0.2) is 0 Å². The van der Waals surface area contributed by atoms with E-state index in [1.165, 1.54) is 12.3 Å². The van der Waals surface area contributed by atoms with Gasteiger partial charge < -0.3 is 15.1 Å². The molecule has 0 saturated carbocycles. The van der Waals surface area contributed by atoms with E-state index in [4.69, 9.17) is 4.42 Å². The molecule has 0 saturated heterocycles. The van der Waals surface area contributed by atoms with Gasteiger partial charge in [-0.05, 0) is 47.9 Å². The summed E-state index contributed by atoms with van der Waals surface area (Å²) in [5.41, 5.74) is 3.51. The van der Waals surface area contributed by atoms with E-state index in [1.807, 2.05) is 67.6 Å². The molecule has 0 aliphatic rings. The van der Waals surface area contributed by atoms with E-state index in [9.17, 15) is 9.59 Å². The maximum atomic E-state index is 13.5. The maximum absolute atomic E-state index is 13.5. The number of furan rings is 1. The van der Waals surface area contributed by atoms with Gasteiger partial charge in [-0.2, -0.15) is 0 Å². The molecule has 164 valence electrons. The predicted octanol–water partition coefficient (Wildman–Crippen LogP) is 5.26. The maximum Gasteiger partial charge on any atom is 0.268 e. The summed E-state index contributed by atoms with van der Waals surface area (Å²) in [7, 11) is 0. The van der Waals surface area contributed by atoms with Gasteiger partial charge in [0.1, 0.15) is 11.5 Å². The normalized spacial score (nSPS) is 12.1. The number of benzene rings is 3. The molecule has 1 atom stereocenters. The Morgan fingerprint density at radius 2 is 1.48 bits per heavy atom. The fourth-order valence-electron chi connectivity index (χ4n) is 3.56. The largest absolute Gasteiger partial charge is 0.465 e. The summed E-state index contributed by atoms with van der Waals surface area (Å²) < 4.78 is 5.39. The SMILES string of the molecule is Cc1ccccc1C(NC(=O)/C(=C/c1ccco1)NC(=O)c1ccccc1)c1ccccc1. The lowest BCUT2D eigenvalue weighted by molar-refractivity contribution is -0.118. The number of hydrogen-bond donors (Lipinski definition) is 2. The molecule has 4 aromatic rings. The van der Waals surface area contributed by atoms with Crippen molar-refractivity contribution < 1.29 is 14.0 Å². The van der Waals surface area contributed by atoms with Crippen LogP contribution in [0.25, 0.3) is 6.08 Å². The van der Waals surface area contributed by atoms with Gasteiger partial charge in [0.25, 0.3) is 11.8 Å². The van der Waals surface area contributed by atoms with E-state index >= 15 is 0 Å². The third kappa shape index (κ3) is 5.46. The first-order valence-corrected chi connectivity index (χ1v) is 10.6. The molecule has 1 heterocycles. The van der Waals surface area contributed by atoms with Crippen molar-refractivity contribution in [3.05, 3.63) is 137 Å². The Morgan fingerprint density at radius 3 is 2.15 bits per heavy atom. The highest BCUT2D eigenvalue weighted by Crippen LogP contribution is 2.25. The molecule has 0 fully saturated rings. The first-order valence-electron chi connectivity index (χ1n) is 10.6. The zero-order chi connectivity index (χ0) is 23.0. The number of rotatable bonds is 7. The van der Waals surface area contributed by atoms with Gasteiger partial charge in [0.05, 0.1) is 12.3 Å². The third-order valence-electron chi connectivity index (χ3n) is 5.27. The topological polar surface area (TPSA) is 71.3 Å². The Bertz CT molecular complexity index is 1250. The van der Waals surface area contributed by atoms with E-state index in [0.717, 1.165) is 16.7 Å². The Hall–Kier alpha value is -4.38. The van der Waals surface area contributed by atoms with Gasteiger partial charge in [-0.1, -0.05) is 72.8 Å². The van der Waals surface area contributed by atoms with E-state index in [1.54, 1.807) is 36.4 Å². The Balaban J connectivity index is 1.67. The zero-order valence-corrected chi connectivity index (χ0v) is 18.2. The van der Waals surface area contributed by atoms with Crippen LogP contribution in [0.5, 0.6) is 0 Å². The van der Waals surface area contributed by atoms with Gasteiger partial charge in [-0.25, -0.2) is 0 Å². The fourth-order valence-corrected chi connectivity index (χ4v) is 3.56. The lowest BCUT2D eigenvalue weighted by atomic mass is 9.95. The highest BCUT2D eigenvalue weighted by atomic mass is 16.3. The van der Waals surface area contributed by atoms with Gasteiger partial charge in [0.2, 0.25) is 0 Å². The second-order valence-electron chi connectivity index (χ2n) is 7.57. The number of carbonyl (C=O) groups is 2. The molecular formula is C28H24N2O3. The number of aryl methyl sites for hydroxylation is 1. The van der Waals surface area contributed by atoms with Crippen molar-refractivity contribution in [1.82, 2.24) is 10.6 Å². The van der Waals surface area contributed by atoms with Crippen LogP contribution in [0.1, 0.15) is 38.9 Å². The van der Waals surface area contributed by atoms with Crippen molar-refractivity contribution in [1.29, 1.82) is 0 Å². The van der Waals surface area contributed by atoms with E-state index in [-0.39, 0.29) is 11.6 Å². The van der Waals surface area contributed by atoms with E-state index in [2.05, 4.69) is 10.6 Å². The molecule has 0 aliphatic heterocycles. The van der Waals surface area contributed by atoms with Crippen LogP contribution in [0.3, 0.4) is 0 Å². The van der Waals surface area contributed by atoms with Crippen LogP contribution < -0.4 is 10.6 Å². The summed E-state index contributed by atoms with van der Waals surface area (Å²) in [6.07, 6.45) is 3.04. The fraction of sp³-hybridized carbons (Fsp3) is 0.0714. The van der Waals surface area contributed by atoms with Crippen molar-refractivity contribution in [2.45, 2.75) is 13.0 Å². The van der Waals surface area contributed by atoms with Crippen molar-refractivity contribution in [2.75, 3.05) is 0 Å². The molecule has 0 spiro atoms. The molecule has 33 heavy (non-hydrogen) atoms. The quantitative estimate of drug-likeness (QED) is 0.388. The lowest BCUT2D eigenvalue weighted by Crippen LogP contribution is -2.37. The molecule has 3 aromatic carbocycles. The summed E-state index contributed by atoms with van der Waals surface area (Å²) in [4.78, 5) is 26.3. The molecule has 4 rings (SSSR count). The second-order valence-corrected chi connectivity index (χ2v) is 7.57. The molecule has 0 radical (unpaired) electrons. The molecule has 5 nitrogen and oxygen atoms in total. The van der Waals surface area contributed by atoms with Crippen molar-refractivity contribution in [2.24, 2.45) is 0 Å². The number of amides is 2. The van der Waals surface area contributed by atoms with Crippen LogP contribution >= 0.6 is 0 Å². The van der Waals surface area contributed by atoms with Crippen LogP contribution in [0.15, 0.2) is 113 Å². The number of carbonyl (C=O) groups excluding carboxylic acids is 2. The lowest BCUT2D eigenvalue weighted by Gasteiger charge is -2.22. The van der Waals surface area contributed by atoms with Crippen LogP contribution in [0.4, 0.5) is 0 Å². The average Bonchev–Trinajstić information content (AvgIpc) is 3.37. The minimum atomic E-state index is -0.423. The van der Waals surface area contributed by atoms with Crippen molar-refractivity contribution in [3.63, 3.8) is 0 Å². The summed E-state index contributed by atoms with van der Waals surface area (Å²) >= 11 is 0. The predicted molar refractivity (Wildman–Crippen MR) is 128 cm³/mol. The van der Waals surface area contributed by atoms with E-state index < -0.39 is 11.9 Å². The summed E-state index contributed by atoms with van der Waals surface area (Å²) in [6, 6.07) is 29.5. The molecule has 5 heteroatoms. The molecule has 0 aliphatic carbocycles. The molecule has 1 aromatic heterocycles. The summed E-state index contributed by atoms with van der Waals surface area (Å²) in [6.45, 7) is 2.01. The Morgan fingerprint density at radius 1 is 0.818 bits per heavy atom. The first kappa shape index (κ1) is 21.8. The average molecular weight is 437 g/mol. The van der Waals surface area contributed by atoms with Crippen LogP contribution in [0.2, 0.25) is 0 Å². The Labute approximate surface area is 192 Å². The van der Waals surface area contributed by atoms with Crippen LogP contribution in [-0.2, 0) is 4.79 Å². The summed E-state index contributed by atoms with van der Waals surface area (Å²) in [5, 5.41) is 5.84. The molecule has 1 unspecified atom stereocenters. The third-order valence-corrected chi connectivity index (χ3v) is 5.27. The minimum absolute atomic E-state index is 0.0910. The monoisotopic (exact) mass is 436 g/mol. The molecule has 2 N–H and O–H groups in total. The van der Waals surface area contributed by atoms with Crippen molar-refractivity contribution in [3.8, 4) is 0 Å². The Kier molecular flexibility index (Phi) is 6.81. The number of nitrogens with one attached hydrogen (secondary N) is 2. The highest BCUT2D eigenvalue weighted by Gasteiger charge is 2.22. The molecule has 2 amide bonds. The highest BCUT2D eigenvalue weighted by molar-refractivity contribution is 6.05. The minimum Gasteiger partial charge on any atom is -0.465 e. The standard InChI is InChI=1S/C28H24N2O3/c1-20-11-8-9-17-24(20)26(21-12-4-2-5-13-21)30-28(32)25(19-23-16-10-18-33-23)29-27(31)22-14-6-3-7-15-22/h2-19,26H,1H3,(H,29,31)(H,30,32)/b25-19-. The van der Waals surface area contributed by atoms with E-state index in [0.29, 0.717) is 11.3 Å². The van der Waals surface area contributed by atoms with Gasteiger partial charge in [-0.15, -0.1) is 0 Å². The smallest absolute Gasteiger partial charge is 0.268 e. The van der Waals surface area contributed by atoms with Crippen molar-refractivity contribution >= 4 is 17.9 Å². The molecule has 0 bridgehead atoms. The first-order chi connectivity index (χ1) is 16.1. The van der Waals surface area contributed by atoms with Crippen LogP contribution in [0, 0.1) is 6.92 Å². The second kappa shape index (κ2) is 10.3. The summed E-state index contributed by atoms with van der Waals surface area (Å²) in [5.74, 6) is -0.343. The number of hydrogen-bond acceptors (Lipinski definition) is 3. The molecular weight excluding hydrogens is 412 g/mol. The van der Waals surface area contributed by atoms with Crippen LogP contribution in [-0.4, -0.2) is 11.8 Å². The van der Waals surface area contributed by atoms with Gasteiger partial charge in [-0.3, -0.25) is 9.59 Å². The van der Waals surface area contributed by atoms with Gasteiger partial charge >= 0.3 is 0 Å². The van der Waals surface area contributed by atoms with Gasteiger partial charge in [0, 0.05) is 11.6 Å². The zero-order valence-electron chi connectivity index (χ0n) is 18.2.